The van der Waals surface area contributed by atoms with Gasteiger partial charge in [-0.2, -0.15) is 0 Å². The molecule has 2 aromatic carbocycles. The number of carboxylic acid groups (broad SMARTS) is 1. The standard InChI is InChI=1S/C26H27N3O5S/c1-26(2,24(31)32)14-28-23(30)22(11-16-12-27-15-35-16)29-25(33)34-13-21-19-9-5-3-7-17(19)18-8-4-6-10-20(18)21/h3-10,12,15,21-22H,11,13-14H2,1-2H3,(H,28,30)(H,29,33)(H,31,32). The lowest BCUT2D eigenvalue weighted by Gasteiger charge is -2.23. The number of aliphatic carboxylic acids is 1. The van der Waals surface area contributed by atoms with Crippen molar-refractivity contribution in [2.24, 2.45) is 5.41 Å². The summed E-state index contributed by atoms with van der Waals surface area (Å²) in [7, 11) is 0. The maximum absolute atomic E-state index is 12.9. The molecular weight excluding hydrogens is 466 g/mol. The number of thiazole rings is 1. The predicted molar refractivity (Wildman–Crippen MR) is 132 cm³/mol. The molecule has 9 heteroatoms. The number of nitrogens with one attached hydrogen (secondary N) is 2. The van der Waals surface area contributed by atoms with Crippen LogP contribution in [0, 0.1) is 5.41 Å². The van der Waals surface area contributed by atoms with E-state index in [0.717, 1.165) is 27.1 Å². The van der Waals surface area contributed by atoms with Crippen LogP contribution in [0.25, 0.3) is 11.1 Å². The largest absolute Gasteiger partial charge is 0.481 e. The van der Waals surface area contributed by atoms with Crippen LogP contribution < -0.4 is 10.6 Å². The van der Waals surface area contributed by atoms with Gasteiger partial charge in [0.15, 0.2) is 0 Å². The number of rotatable bonds is 9. The molecule has 1 heterocycles. The fraction of sp³-hybridized carbons (Fsp3) is 0.308. The zero-order valence-electron chi connectivity index (χ0n) is 19.5. The van der Waals surface area contributed by atoms with E-state index in [9.17, 15) is 19.5 Å². The fourth-order valence-corrected chi connectivity index (χ4v) is 4.68. The van der Waals surface area contributed by atoms with Gasteiger partial charge in [0.1, 0.15) is 12.6 Å². The first-order chi connectivity index (χ1) is 16.8. The molecule has 0 saturated heterocycles. The van der Waals surface area contributed by atoms with E-state index in [4.69, 9.17) is 4.74 Å². The van der Waals surface area contributed by atoms with E-state index >= 15 is 0 Å². The second kappa shape index (κ2) is 10.3. The molecule has 3 N–H and O–H groups in total. The molecule has 0 bridgehead atoms. The summed E-state index contributed by atoms with van der Waals surface area (Å²) in [6.45, 7) is 3.09. The highest BCUT2D eigenvalue weighted by Crippen LogP contribution is 2.44. The minimum absolute atomic E-state index is 0.0767. The van der Waals surface area contributed by atoms with Gasteiger partial charge in [-0.1, -0.05) is 48.5 Å². The molecule has 182 valence electrons. The Labute approximate surface area is 207 Å². The quantitative estimate of drug-likeness (QED) is 0.417. The first-order valence-corrected chi connectivity index (χ1v) is 12.1. The van der Waals surface area contributed by atoms with Gasteiger partial charge < -0.3 is 20.5 Å². The van der Waals surface area contributed by atoms with Crippen molar-refractivity contribution < 1.29 is 24.2 Å². The summed E-state index contributed by atoms with van der Waals surface area (Å²) in [6.07, 6.45) is 1.13. The Bertz CT molecular complexity index is 1180. The third kappa shape index (κ3) is 5.51. The van der Waals surface area contributed by atoms with Crippen molar-refractivity contribution in [3.8, 4) is 11.1 Å². The number of fused-ring (bicyclic) bond motifs is 3. The molecule has 1 atom stereocenters. The topological polar surface area (TPSA) is 118 Å². The summed E-state index contributed by atoms with van der Waals surface area (Å²) in [5.74, 6) is -1.61. The number of hydrogen-bond acceptors (Lipinski definition) is 6. The number of carboxylic acids is 1. The van der Waals surface area contributed by atoms with Crippen LogP contribution in [-0.4, -0.2) is 47.3 Å². The Balaban J connectivity index is 1.43. The highest BCUT2D eigenvalue weighted by Gasteiger charge is 2.31. The lowest BCUT2D eigenvalue weighted by atomic mass is 9.94. The van der Waals surface area contributed by atoms with Gasteiger partial charge in [-0.25, -0.2) is 4.79 Å². The molecule has 1 aliphatic carbocycles. The van der Waals surface area contributed by atoms with Crippen LogP contribution in [0.2, 0.25) is 0 Å². The maximum Gasteiger partial charge on any atom is 0.407 e. The Hall–Kier alpha value is -3.72. The van der Waals surface area contributed by atoms with E-state index in [-0.39, 0.29) is 25.5 Å². The first-order valence-electron chi connectivity index (χ1n) is 11.3. The lowest BCUT2D eigenvalue weighted by Crippen LogP contribution is -2.50. The van der Waals surface area contributed by atoms with Gasteiger partial charge in [0.25, 0.3) is 0 Å². The number of hydrogen-bond donors (Lipinski definition) is 3. The minimum Gasteiger partial charge on any atom is -0.481 e. The molecule has 3 aromatic rings. The number of ether oxygens (including phenoxy) is 1. The van der Waals surface area contributed by atoms with Crippen molar-refractivity contribution in [1.29, 1.82) is 0 Å². The van der Waals surface area contributed by atoms with Gasteiger partial charge in [0, 0.05) is 30.0 Å². The molecule has 4 rings (SSSR count). The van der Waals surface area contributed by atoms with Gasteiger partial charge in [0.2, 0.25) is 5.91 Å². The molecule has 2 amide bonds. The maximum atomic E-state index is 12.9. The van der Waals surface area contributed by atoms with Gasteiger partial charge in [-0.15, -0.1) is 11.3 Å². The number of alkyl carbamates (subject to hydrolysis) is 1. The first kappa shape index (κ1) is 24.4. The van der Waals surface area contributed by atoms with Crippen molar-refractivity contribution in [3.05, 3.63) is 76.2 Å². The second-order valence-electron chi connectivity index (χ2n) is 9.10. The summed E-state index contributed by atoms with van der Waals surface area (Å²) < 4.78 is 5.59. The van der Waals surface area contributed by atoms with Gasteiger partial charge in [-0.3, -0.25) is 14.6 Å². The number of aromatic nitrogens is 1. The molecule has 8 nitrogen and oxygen atoms in total. The van der Waals surface area contributed by atoms with Gasteiger partial charge in [-0.05, 0) is 36.1 Å². The molecular formula is C26H27N3O5S. The van der Waals surface area contributed by atoms with E-state index in [2.05, 4.69) is 27.8 Å². The van der Waals surface area contributed by atoms with E-state index < -0.39 is 29.4 Å². The summed E-state index contributed by atoms with van der Waals surface area (Å²) in [5.41, 5.74) is 4.94. The number of carbonyl (C=O) groups is 3. The SMILES string of the molecule is CC(C)(CNC(=O)C(Cc1cncs1)NC(=O)OCC1c2ccccc2-c2ccccc21)C(=O)O. The highest BCUT2D eigenvalue weighted by molar-refractivity contribution is 7.09. The summed E-state index contributed by atoms with van der Waals surface area (Å²) >= 11 is 1.37. The van der Waals surface area contributed by atoms with Crippen LogP contribution in [0.5, 0.6) is 0 Å². The average Bonchev–Trinajstić information content (AvgIpc) is 3.47. The molecule has 0 saturated carbocycles. The normalized spacial score (nSPS) is 13.4. The monoisotopic (exact) mass is 493 g/mol. The molecule has 1 unspecified atom stereocenters. The molecule has 0 radical (unpaired) electrons. The van der Waals surface area contributed by atoms with Crippen molar-refractivity contribution in [3.63, 3.8) is 0 Å². The smallest absolute Gasteiger partial charge is 0.407 e. The van der Waals surface area contributed by atoms with Gasteiger partial charge >= 0.3 is 12.1 Å². The Morgan fingerprint density at radius 3 is 2.29 bits per heavy atom. The predicted octanol–water partition coefficient (Wildman–Crippen LogP) is 3.82. The lowest BCUT2D eigenvalue weighted by molar-refractivity contribution is -0.146. The number of amides is 2. The number of nitrogens with zero attached hydrogens (tertiary/aromatic N) is 1. The zero-order valence-corrected chi connectivity index (χ0v) is 20.3. The van der Waals surface area contributed by atoms with Crippen LogP contribution in [0.15, 0.2) is 60.2 Å². The molecule has 35 heavy (non-hydrogen) atoms. The van der Waals surface area contributed by atoms with Crippen molar-refractivity contribution in [1.82, 2.24) is 15.6 Å². The molecule has 0 fully saturated rings. The van der Waals surface area contributed by atoms with Crippen LogP contribution in [0.4, 0.5) is 4.79 Å². The summed E-state index contributed by atoms with van der Waals surface area (Å²) in [5, 5.41) is 14.6. The number of benzene rings is 2. The minimum atomic E-state index is -1.14. The summed E-state index contributed by atoms with van der Waals surface area (Å²) in [6, 6.07) is 15.1. The van der Waals surface area contributed by atoms with Crippen LogP contribution in [0.3, 0.4) is 0 Å². The van der Waals surface area contributed by atoms with E-state index in [1.165, 1.54) is 25.2 Å². The van der Waals surface area contributed by atoms with Gasteiger partial charge in [0.05, 0.1) is 10.9 Å². The highest BCUT2D eigenvalue weighted by atomic mass is 32.1. The van der Waals surface area contributed by atoms with Crippen molar-refractivity contribution in [2.75, 3.05) is 13.2 Å². The Morgan fingerprint density at radius 2 is 1.71 bits per heavy atom. The molecule has 1 aromatic heterocycles. The molecule has 0 aliphatic heterocycles. The van der Waals surface area contributed by atoms with E-state index in [1.54, 1.807) is 11.7 Å². The summed E-state index contributed by atoms with van der Waals surface area (Å²) in [4.78, 5) is 41.8. The average molecular weight is 494 g/mol. The third-order valence-corrected chi connectivity index (χ3v) is 6.93. The zero-order chi connectivity index (χ0) is 25.0. The van der Waals surface area contributed by atoms with Crippen LogP contribution in [0.1, 0.15) is 35.8 Å². The number of carbonyl (C=O) groups excluding carboxylic acids is 2. The fourth-order valence-electron chi connectivity index (χ4n) is 4.04. The Kier molecular flexibility index (Phi) is 7.16. The van der Waals surface area contributed by atoms with E-state index in [1.807, 2.05) is 36.4 Å². The second-order valence-corrected chi connectivity index (χ2v) is 10.1. The molecule has 1 aliphatic rings. The van der Waals surface area contributed by atoms with Crippen LogP contribution in [-0.2, 0) is 20.7 Å². The van der Waals surface area contributed by atoms with E-state index in [0.29, 0.717) is 0 Å². The van der Waals surface area contributed by atoms with Crippen LogP contribution >= 0.6 is 11.3 Å². The Morgan fingerprint density at radius 1 is 1.09 bits per heavy atom. The third-order valence-electron chi connectivity index (χ3n) is 6.12. The van der Waals surface area contributed by atoms with Crippen molar-refractivity contribution in [2.45, 2.75) is 32.2 Å². The van der Waals surface area contributed by atoms with Crippen molar-refractivity contribution >= 4 is 29.3 Å². The molecule has 0 spiro atoms.